The third-order valence-electron chi connectivity index (χ3n) is 5.72. The molecule has 2 aromatic heterocycles. The van der Waals surface area contributed by atoms with Gasteiger partial charge in [-0.25, -0.2) is 4.98 Å². The molecule has 0 aliphatic carbocycles. The van der Waals surface area contributed by atoms with Crippen molar-refractivity contribution in [3.8, 4) is 0 Å². The van der Waals surface area contributed by atoms with Crippen LogP contribution in [-0.2, 0) is 17.9 Å². The summed E-state index contributed by atoms with van der Waals surface area (Å²) in [6.07, 6.45) is 8.82. The number of rotatable bonds is 5. The number of imidazole rings is 1. The highest BCUT2D eigenvalue weighted by Gasteiger charge is 2.35. The van der Waals surface area contributed by atoms with Gasteiger partial charge in [0.2, 0.25) is 0 Å². The van der Waals surface area contributed by atoms with E-state index < -0.39 is 0 Å². The maximum Gasteiger partial charge on any atom is 0.157 e. The predicted molar refractivity (Wildman–Crippen MR) is 99.5 cm³/mol. The number of ketones is 1. The molecule has 6 nitrogen and oxygen atoms in total. The van der Waals surface area contributed by atoms with E-state index in [0.29, 0.717) is 18.9 Å². The van der Waals surface area contributed by atoms with Gasteiger partial charge in [0.25, 0.3) is 0 Å². The lowest BCUT2D eigenvalue weighted by molar-refractivity contribution is -0.120. The summed E-state index contributed by atoms with van der Waals surface area (Å²) in [4.78, 5) is 26.1. The summed E-state index contributed by atoms with van der Waals surface area (Å²) in [5, 5.41) is 0. The van der Waals surface area contributed by atoms with Crippen LogP contribution in [0.15, 0.2) is 36.8 Å². The number of Topliss-reactive ketones (excluding diaryl/α,β-unsaturated/α-hetero) is 1. The minimum Gasteiger partial charge on any atom is -0.334 e. The number of hydrogen-bond acceptors (Lipinski definition) is 5. The van der Waals surface area contributed by atoms with E-state index in [9.17, 15) is 4.79 Å². The van der Waals surface area contributed by atoms with Crippen LogP contribution in [0.2, 0.25) is 0 Å². The molecule has 0 saturated carbocycles. The molecule has 4 rings (SSSR count). The Labute approximate surface area is 154 Å². The van der Waals surface area contributed by atoms with E-state index >= 15 is 0 Å². The third kappa shape index (κ3) is 3.71. The number of pyridine rings is 1. The molecular weight excluding hydrogens is 326 g/mol. The van der Waals surface area contributed by atoms with Gasteiger partial charge in [-0.2, -0.15) is 0 Å². The Kier molecular flexibility index (Phi) is 5.13. The normalized spacial score (nSPS) is 23.0. The molecule has 2 fully saturated rings. The van der Waals surface area contributed by atoms with Gasteiger partial charge in [0.05, 0.1) is 12.2 Å². The second-order valence-electron chi connectivity index (χ2n) is 7.59. The molecule has 138 valence electrons. The van der Waals surface area contributed by atoms with Crippen molar-refractivity contribution in [2.75, 3.05) is 26.7 Å². The molecular formula is C20H27N5O. The van der Waals surface area contributed by atoms with Crippen molar-refractivity contribution in [1.29, 1.82) is 0 Å². The third-order valence-corrected chi connectivity index (χ3v) is 5.72. The highest BCUT2D eigenvalue weighted by atomic mass is 16.1. The van der Waals surface area contributed by atoms with Crippen LogP contribution in [0, 0.1) is 5.92 Å². The van der Waals surface area contributed by atoms with Gasteiger partial charge in [0.1, 0.15) is 11.9 Å². The lowest BCUT2D eigenvalue weighted by atomic mass is 9.97. The smallest absolute Gasteiger partial charge is 0.157 e. The quantitative estimate of drug-likeness (QED) is 0.824. The summed E-state index contributed by atoms with van der Waals surface area (Å²) in [5.74, 6) is 2.03. The number of hydrogen-bond donors (Lipinski definition) is 0. The number of likely N-dealkylation sites (tertiary alicyclic amines) is 2. The van der Waals surface area contributed by atoms with E-state index in [-0.39, 0.29) is 11.8 Å². The Morgan fingerprint density at radius 2 is 1.96 bits per heavy atom. The Hall–Kier alpha value is -2.05. The van der Waals surface area contributed by atoms with Crippen LogP contribution in [0.4, 0.5) is 0 Å². The summed E-state index contributed by atoms with van der Waals surface area (Å²) >= 11 is 0. The van der Waals surface area contributed by atoms with Crippen LogP contribution in [0.3, 0.4) is 0 Å². The number of nitrogens with zero attached hydrogens (tertiary/aromatic N) is 5. The zero-order valence-corrected chi connectivity index (χ0v) is 15.4. The van der Waals surface area contributed by atoms with Crippen LogP contribution < -0.4 is 0 Å². The second kappa shape index (κ2) is 7.68. The van der Waals surface area contributed by atoms with Crippen molar-refractivity contribution in [3.05, 3.63) is 48.3 Å². The van der Waals surface area contributed by atoms with Crippen molar-refractivity contribution < 1.29 is 4.79 Å². The fourth-order valence-corrected chi connectivity index (χ4v) is 4.15. The zero-order valence-electron chi connectivity index (χ0n) is 15.4. The Morgan fingerprint density at radius 1 is 1.12 bits per heavy atom. The lowest BCUT2D eigenvalue weighted by Gasteiger charge is -2.30. The summed E-state index contributed by atoms with van der Waals surface area (Å²) in [7, 11) is 2.20. The average molecular weight is 353 g/mol. The topological polar surface area (TPSA) is 54.3 Å². The largest absolute Gasteiger partial charge is 0.334 e. The molecule has 4 heterocycles. The molecule has 2 saturated heterocycles. The maximum atomic E-state index is 12.4. The highest BCUT2D eigenvalue weighted by Crippen LogP contribution is 2.29. The van der Waals surface area contributed by atoms with Gasteiger partial charge < -0.3 is 9.47 Å². The monoisotopic (exact) mass is 353 g/mol. The summed E-state index contributed by atoms with van der Waals surface area (Å²) in [6.45, 7) is 4.86. The molecule has 1 unspecified atom stereocenters. The van der Waals surface area contributed by atoms with E-state index in [4.69, 9.17) is 0 Å². The first-order chi connectivity index (χ1) is 12.7. The average Bonchev–Trinajstić information content (AvgIpc) is 3.25. The summed E-state index contributed by atoms with van der Waals surface area (Å²) in [6, 6.07) is 5.56. The van der Waals surface area contributed by atoms with Crippen LogP contribution in [0.25, 0.3) is 0 Å². The molecule has 2 aliphatic rings. The van der Waals surface area contributed by atoms with Gasteiger partial charge in [0, 0.05) is 38.1 Å². The first kappa shape index (κ1) is 17.4. The predicted octanol–water partition coefficient (Wildman–Crippen LogP) is 2.14. The summed E-state index contributed by atoms with van der Waals surface area (Å²) < 4.78 is 2.29. The molecule has 6 heteroatoms. The SMILES string of the molecule is CN1CCC(Cn2ccnc2CN2CCC(=O)C2c2ccccn2)CC1. The maximum absolute atomic E-state index is 12.4. The number of carbonyl (C=O) groups is 1. The molecule has 1 atom stereocenters. The molecule has 0 radical (unpaired) electrons. The number of piperidine rings is 1. The number of aromatic nitrogens is 3. The Balaban J connectivity index is 1.46. The molecule has 0 aromatic carbocycles. The van der Waals surface area contributed by atoms with Gasteiger partial charge in [-0.1, -0.05) is 6.07 Å². The van der Waals surface area contributed by atoms with Crippen LogP contribution in [-0.4, -0.2) is 56.8 Å². The highest BCUT2D eigenvalue weighted by molar-refractivity contribution is 5.86. The standard InChI is InChI=1S/C20H27N5O/c1-23-10-5-16(6-11-23)14-24-13-9-22-19(24)15-25-12-7-18(26)20(25)17-4-2-3-8-21-17/h2-4,8-9,13,16,20H,5-7,10-12,14-15H2,1H3. The molecule has 2 aromatic rings. The van der Waals surface area contributed by atoms with E-state index in [2.05, 4.69) is 37.6 Å². The first-order valence-corrected chi connectivity index (χ1v) is 9.57. The van der Waals surface area contributed by atoms with E-state index in [0.717, 1.165) is 24.6 Å². The summed E-state index contributed by atoms with van der Waals surface area (Å²) in [5.41, 5.74) is 0.850. The van der Waals surface area contributed by atoms with Crippen LogP contribution >= 0.6 is 0 Å². The van der Waals surface area contributed by atoms with Gasteiger partial charge in [-0.3, -0.25) is 14.7 Å². The first-order valence-electron chi connectivity index (χ1n) is 9.57. The van der Waals surface area contributed by atoms with Crippen molar-refractivity contribution in [2.45, 2.75) is 38.4 Å². The van der Waals surface area contributed by atoms with Gasteiger partial charge in [0.15, 0.2) is 5.78 Å². The molecule has 0 amide bonds. The minimum atomic E-state index is -0.232. The van der Waals surface area contributed by atoms with Crippen molar-refractivity contribution >= 4 is 5.78 Å². The molecule has 0 bridgehead atoms. The fraction of sp³-hybridized carbons (Fsp3) is 0.550. The fourth-order valence-electron chi connectivity index (χ4n) is 4.15. The van der Waals surface area contributed by atoms with Crippen LogP contribution in [0.1, 0.15) is 36.8 Å². The minimum absolute atomic E-state index is 0.232. The van der Waals surface area contributed by atoms with Gasteiger partial charge >= 0.3 is 0 Å². The van der Waals surface area contributed by atoms with Crippen molar-refractivity contribution in [3.63, 3.8) is 0 Å². The van der Waals surface area contributed by atoms with Crippen LogP contribution in [0.5, 0.6) is 0 Å². The lowest BCUT2D eigenvalue weighted by Crippen LogP contribution is -2.32. The van der Waals surface area contributed by atoms with Gasteiger partial charge in [-0.15, -0.1) is 0 Å². The van der Waals surface area contributed by atoms with Crippen molar-refractivity contribution in [1.82, 2.24) is 24.3 Å². The molecule has 0 spiro atoms. The van der Waals surface area contributed by atoms with Gasteiger partial charge in [-0.05, 0) is 51.0 Å². The van der Waals surface area contributed by atoms with Crippen molar-refractivity contribution in [2.24, 2.45) is 5.92 Å². The van der Waals surface area contributed by atoms with E-state index in [1.54, 1.807) is 6.20 Å². The second-order valence-corrected chi connectivity index (χ2v) is 7.59. The van der Waals surface area contributed by atoms with E-state index in [1.807, 2.05) is 24.4 Å². The Bertz CT molecular complexity index is 736. The number of carbonyl (C=O) groups excluding carboxylic acids is 1. The molecule has 0 N–H and O–H groups in total. The molecule has 26 heavy (non-hydrogen) atoms. The Morgan fingerprint density at radius 3 is 2.73 bits per heavy atom. The zero-order chi connectivity index (χ0) is 17.9. The molecule has 2 aliphatic heterocycles. The van der Waals surface area contributed by atoms with E-state index in [1.165, 1.54) is 25.9 Å².